The highest BCUT2D eigenvalue weighted by Gasteiger charge is 2.18. The maximum atomic E-state index is 12.1. The van der Waals surface area contributed by atoms with Crippen LogP contribution in [-0.4, -0.2) is 22.2 Å². The van der Waals surface area contributed by atoms with Gasteiger partial charge in [0.05, 0.1) is 4.92 Å². The van der Waals surface area contributed by atoms with Crippen LogP contribution in [0.25, 0.3) is 0 Å². The Labute approximate surface area is 120 Å². The zero-order valence-electron chi connectivity index (χ0n) is 11.1. The molecule has 0 aliphatic carbocycles. The van der Waals surface area contributed by atoms with Crippen LogP contribution in [0.4, 0.5) is 5.69 Å². The van der Waals surface area contributed by atoms with Crippen LogP contribution in [-0.2, 0) is 0 Å². The lowest BCUT2D eigenvalue weighted by molar-refractivity contribution is -0.385. The number of nitrogens with one attached hydrogen (secondary N) is 1. The second-order valence-corrected chi connectivity index (χ2v) is 5.38. The number of rotatable bonds is 5. The number of carbonyl (C=O) groups excluding carboxylic acids is 1. The molecule has 0 aliphatic rings. The average molecular weight is 329 g/mol. The van der Waals surface area contributed by atoms with Crippen molar-refractivity contribution >= 4 is 27.5 Å². The molecule has 5 nitrogen and oxygen atoms in total. The van der Waals surface area contributed by atoms with Gasteiger partial charge in [0.15, 0.2) is 0 Å². The lowest BCUT2D eigenvalue weighted by atomic mass is 10.1. The van der Waals surface area contributed by atoms with E-state index in [-0.39, 0.29) is 23.6 Å². The van der Waals surface area contributed by atoms with Crippen LogP contribution in [0.2, 0.25) is 0 Å². The van der Waals surface area contributed by atoms with E-state index in [0.717, 1.165) is 0 Å². The number of nitro groups is 1. The summed E-state index contributed by atoms with van der Waals surface area (Å²) in [6.07, 6.45) is 0. The Morgan fingerprint density at radius 1 is 1.47 bits per heavy atom. The summed E-state index contributed by atoms with van der Waals surface area (Å²) >= 11 is 3.34. The number of halogens is 1. The standard InChI is InChI=1S/C13H17BrN2O3/c1-8(2)11(7-14)15-13(17)10-5-4-9(3)12(6-10)16(18)19/h4-6,8,11H,7H2,1-3H3,(H,15,17). The van der Waals surface area contributed by atoms with Gasteiger partial charge in [-0.3, -0.25) is 14.9 Å². The van der Waals surface area contributed by atoms with E-state index in [4.69, 9.17) is 0 Å². The Kier molecular flexibility index (Phi) is 5.47. The van der Waals surface area contributed by atoms with Crippen molar-refractivity contribution < 1.29 is 9.72 Å². The molecule has 0 saturated carbocycles. The Balaban J connectivity index is 2.94. The molecule has 0 aromatic heterocycles. The summed E-state index contributed by atoms with van der Waals surface area (Å²) in [7, 11) is 0. The molecule has 0 heterocycles. The first kappa shape index (κ1) is 15.6. The van der Waals surface area contributed by atoms with Gasteiger partial charge in [0.25, 0.3) is 11.6 Å². The number of hydrogen-bond donors (Lipinski definition) is 1. The molecule has 1 unspecified atom stereocenters. The Morgan fingerprint density at radius 2 is 2.11 bits per heavy atom. The monoisotopic (exact) mass is 328 g/mol. The quantitative estimate of drug-likeness (QED) is 0.513. The number of carbonyl (C=O) groups is 1. The Hall–Kier alpha value is -1.43. The molecular weight excluding hydrogens is 312 g/mol. The first-order valence-corrected chi connectivity index (χ1v) is 7.10. The van der Waals surface area contributed by atoms with Gasteiger partial charge in [-0.1, -0.05) is 35.8 Å². The van der Waals surface area contributed by atoms with E-state index in [1.165, 1.54) is 6.07 Å². The zero-order chi connectivity index (χ0) is 14.6. The summed E-state index contributed by atoms with van der Waals surface area (Å²) in [4.78, 5) is 22.4. The number of amides is 1. The van der Waals surface area contributed by atoms with Gasteiger partial charge in [-0.15, -0.1) is 0 Å². The first-order chi connectivity index (χ1) is 8.86. The number of aryl methyl sites for hydroxylation is 1. The molecule has 1 atom stereocenters. The summed E-state index contributed by atoms with van der Waals surface area (Å²) in [5, 5.41) is 14.4. The molecule has 0 spiro atoms. The number of nitrogens with zero attached hydrogens (tertiary/aromatic N) is 1. The summed E-state index contributed by atoms with van der Waals surface area (Å²) < 4.78 is 0. The predicted octanol–water partition coefficient (Wildman–Crippen LogP) is 3.05. The molecule has 6 heteroatoms. The fraction of sp³-hybridized carbons (Fsp3) is 0.462. The largest absolute Gasteiger partial charge is 0.348 e. The molecule has 1 aromatic carbocycles. The van der Waals surface area contributed by atoms with Crippen molar-refractivity contribution in [3.8, 4) is 0 Å². The minimum Gasteiger partial charge on any atom is -0.348 e. The number of hydrogen-bond acceptors (Lipinski definition) is 3. The minimum absolute atomic E-state index is 0.00661. The van der Waals surface area contributed by atoms with Gasteiger partial charge in [-0.05, 0) is 18.9 Å². The topological polar surface area (TPSA) is 72.2 Å². The van der Waals surface area contributed by atoms with Gasteiger partial charge >= 0.3 is 0 Å². The highest BCUT2D eigenvalue weighted by Crippen LogP contribution is 2.19. The smallest absolute Gasteiger partial charge is 0.273 e. The van der Waals surface area contributed by atoms with Gasteiger partial charge in [0, 0.05) is 28.6 Å². The molecule has 0 radical (unpaired) electrons. The highest BCUT2D eigenvalue weighted by atomic mass is 79.9. The van der Waals surface area contributed by atoms with Crippen molar-refractivity contribution in [2.45, 2.75) is 26.8 Å². The van der Waals surface area contributed by atoms with E-state index in [2.05, 4.69) is 21.2 Å². The second-order valence-electron chi connectivity index (χ2n) is 4.74. The molecule has 0 saturated heterocycles. The maximum absolute atomic E-state index is 12.1. The average Bonchev–Trinajstić information content (AvgIpc) is 2.35. The third-order valence-corrected chi connectivity index (χ3v) is 3.65. The van der Waals surface area contributed by atoms with Gasteiger partial charge in [-0.25, -0.2) is 0 Å². The van der Waals surface area contributed by atoms with Crippen molar-refractivity contribution in [2.24, 2.45) is 5.92 Å². The molecule has 0 fully saturated rings. The zero-order valence-corrected chi connectivity index (χ0v) is 12.7. The van der Waals surface area contributed by atoms with Crippen LogP contribution >= 0.6 is 15.9 Å². The van der Waals surface area contributed by atoms with Gasteiger partial charge in [0.2, 0.25) is 0 Å². The van der Waals surface area contributed by atoms with Gasteiger partial charge < -0.3 is 5.32 Å². The van der Waals surface area contributed by atoms with Crippen LogP contribution in [0.3, 0.4) is 0 Å². The molecule has 19 heavy (non-hydrogen) atoms. The third-order valence-electron chi connectivity index (χ3n) is 2.96. The van der Waals surface area contributed by atoms with E-state index < -0.39 is 4.92 Å². The van der Waals surface area contributed by atoms with Crippen LogP contribution in [0.15, 0.2) is 18.2 Å². The molecular formula is C13H17BrN2O3. The van der Waals surface area contributed by atoms with Crippen LogP contribution in [0.1, 0.15) is 29.8 Å². The van der Waals surface area contributed by atoms with E-state index >= 15 is 0 Å². The van der Waals surface area contributed by atoms with E-state index in [1.54, 1.807) is 19.1 Å². The van der Waals surface area contributed by atoms with Crippen molar-refractivity contribution in [1.82, 2.24) is 5.32 Å². The number of benzene rings is 1. The number of nitro benzene ring substituents is 1. The third kappa shape index (κ3) is 4.02. The molecule has 1 aromatic rings. The van der Waals surface area contributed by atoms with E-state index in [0.29, 0.717) is 16.5 Å². The summed E-state index contributed by atoms with van der Waals surface area (Å²) in [6, 6.07) is 4.50. The lowest BCUT2D eigenvalue weighted by Crippen LogP contribution is -2.39. The van der Waals surface area contributed by atoms with Crippen molar-refractivity contribution in [1.29, 1.82) is 0 Å². The SMILES string of the molecule is Cc1ccc(C(=O)NC(CBr)C(C)C)cc1[N+](=O)[O-]. The van der Waals surface area contributed by atoms with Gasteiger partial charge in [0.1, 0.15) is 0 Å². The lowest BCUT2D eigenvalue weighted by Gasteiger charge is -2.19. The van der Waals surface area contributed by atoms with Crippen LogP contribution in [0, 0.1) is 23.0 Å². The molecule has 1 N–H and O–H groups in total. The normalized spacial score (nSPS) is 12.3. The summed E-state index contributed by atoms with van der Waals surface area (Å²) in [5.41, 5.74) is 0.818. The molecule has 0 bridgehead atoms. The second kappa shape index (κ2) is 6.65. The molecule has 1 amide bonds. The van der Waals surface area contributed by atoms with Crippen molar-refractivity contribution in [2.75, 3.05) is 5.33 Å². The predicted molar refractivity (Wildman–Crippen MR) is 77.7 cm³/mol. The van der Waals surface area contributed by atoms with Crippen LogP contribution in [0.5, 0.6) is 0 Å². The first-order valence-electron chi connectivity index (χ1n) is 5.98. The Morgan fingerprint density at radius 3 is 2.58 bits per heavy atom. The van der Waals surface area contributed by atoms with E-state index in [9.17, 15) is 14.9 Å². The fourth-order valence-corrected chi connectivity index (χ4v) is 2.49. The minimum atomic E-state index is -0.476. The Bertz CT molecular complexity index is 489. The van der Waals surface area contributed by atoms with Crippen molar-refractivity contribution in [3.05, 3.63) is 39.4 Å². The number of alkyl halides is 1. The summed E-state index contributed by atoms with van der Waals surface area (Å²) in [6.45, 7) is 5.66. The maximum Gasteiger partial charge on any atom is 0.273 e. The molecule has 0 aliphatic heterocycles. The molecule has 1 rings (SSSR count). The van der Waals surface area contributed by atoms with Gasteiger partial charge in [-0.2, -0.15) is 0 Å². The van der Waals surface area contributed by atoms with Crippen LogP contribution < -0.4 is 5.32 Å². The fourth-order valence-electron chi connectivity index (χ4n) is 1.58. The van der Waals surface area contributed by atoms with Crippen molar-refractivity contribution in [3.63, 3.8) is 0 Å². The molecule has 104 valence electrons. The van der Waals surface area contributed by atoms with E-state index in [1.807, 2.05) is 13.8 Å². The summed E-state index contributed by atoms with van der Waals surface area (Å²) in [5.74, 6) is -0.00925. The highest BCUT2D eigenvalue weighted by molar-refractivity contribution is 9.09.